The van der Waals surface area contributed by atoms with E-state index in [2.05, 4.69) is 24.0 Å². The van der Waals surface area contributed by atoms with Crippen molar-refractivity contribution in [1.82, 2.24) is 19.6 Å². The Bertz CT molecular complexity index is 868. The lowest BCUT2D eigenvalue weighted by Crippen LogP contribution is -2.43. The molecule has 0 saturated carbocycles. The molecule has 28 heavy (non-hydrogen) atoms. The standard InChI is InChI=1S/C22H32N4O2/c1-4-5-12-24(3)15-18-10-13-25(14-11-18)21(27)16-26-22(28)20-9-7-6-8-19(20)17(2)23-26/h6-9,18H,4-5,10-16H2,1-3H3. The number of rotatable bonds is 7. The third-order valence-electron chi connectivity index (χ3n) is 5.77. The van der Waals surface area contributed by atoms with Gasteiger partial charge in [0.05, 0.1) is 11.1 Å². The number of hydrogen-bond donors (Lipinski definition) is 0. The summed E-state index contributed by atoms with van der Waals surface area (Å²) < 4.78 is 1.32. The molecule has 3 rings (SSSR count). The van der Waals surface area contributed by atoms with Crippen LogP contribution in [0.25, 0.3) is 10.8 Å². The molecule has 2 heterocycles. The minimum Gasteiger partial charge on any atom is -0.341 e. The molecular formula is C22H32N4O2. The summed E-state index contributed by atoms with van der Waals surface area (Å²) in [6, 6.07) is 7.44. The second kappa shape index (κ2) is 9.32. The normalized spacial score (nSPS) is 15.5. The maximum atomic E-state index is 12.8. The molecule has 0 radical (unpaired) electrons. The molecule has 1 aliphatic rings. The summed E-state index contributed by atoms with van der Waals surface area (Å²) in [6.07, 6.45) is 4.52. The third-order valence-corrected chi connectivity index (χ3v) is 5.77. The van der Waals surface area contributed by atoms with Gasteiger partial charge in [0.2, 0.25) is 5.91 Å². The van der Waals surface area contributed by atoms with E-state index >= 15 is 0 Å². The number of hydrogen-bond acceptors (Lipinski definition) is 4. The number of carbonyl (C=O) groups excluding carboxylic acids is 1. The first-order chi connectivity index (χ1) is 13.5. The van der Waals surface area contributed by atoms with Crippen molar-refractivity contribution in [2.45, 2.75) is 46.1 Å². The number of fused-ring (bicyclic) bond motifs is 1. The van der Waals surface area contributed by atoms with Crippen molar-refractivity contribution in [3.63, 3.8) is 0 Å². The predicted molar refractivity (Wildman–Crippen MR) is 112 cm³/mol. The molecule has 1 aromatic carbocycles. The predicted octanol–water partition coefficient (Wildman–Crippen LogP) is 2.68. The van der Waals surface area contributed by atoms with Gasteiger partial charge in [0.15, 0.2) is 0 Å². The fourth-order valence-corrected chi connectivity index (χ4v) is 4.06. The first kappa shape index (κ1) is 20.5. The molecule has 1 aromatic heterocycles. The smallest absolute Gasteiger partial charge is 0.275 e. The van der Waals surface area contributed by atoms with E-state index in [1.165, 1.54) is 17.5 Å². The molecule has 0 N–H and O–H groups in total. The van der Waals surface area contributed by atoms with Crippen LogP contribution in [0.4, 0.5) is 0 Å². The molecule has 6 heteroatoms. The fraction of sp³-hybridized carbons (Fsp3) is 0.591. The zero-order valence-electron chi connectivity index (χ0n) is 17.4. The number of piperidine rings is 1. The lowest BCUT2D eigenvalue weighted by atomic mass is 9.96. The van der Waals surface area contributed by atoms with Crippen molar-refractivity contribution in [1.29, 1.82) is 0 Å². The quantitative estimate of drug-likeness (QED) is 0.736. The van der Waals surface area contributed by atoms with Crippen molar-refractivity contribution in [2.75, 3.05) is 33.2 Å². The van der Waals surface area contributed by atoms with E-state index < -0.39 is 0 Å². The second-order valence-corrected chi connectivity index (χ2v) is 8.03. The van der Waals surface area contributed by atoms with Gasteiger partial charge >= 0.3 is 0 Å². The SMILES string of the molecule is CCCCN(C)CC1CCN(C(=O)Cn2nc(C)c3ccccc3c2=O)CC1. The second-order valence-electron chi connectivity index (χ2n) is 8.03. The van der Waals surface area contributed by atoms with E-state index in [9.17, 15) is 9.59 Å². The van der Waals surface area contributed by atoms with Crippen molar-refractivity contribution in [3.05, 3.63) is 40.3 Å². The van der Waals surface area contributed by atoms with Crippen LogP contribution in [0.3, 0.4) is 0 Å². The number of unbranched alkanes of at least 4 members (excludes halogenated alkanes) is 1. The molecule has 0 aliphatic carbocycles. The van der Waals surface area contributed by atoms with E-state index in [0.717, 1.165) is 50.1 Å². The van der Waals surface area contributed by atoms with Crippen LogP contribution in [-0.4, -0.2) is 58.7 Å². The number of carbonyl (C=O) groups is 1. The van der Waals surface area contributed by atoms with Crippen LogP contribution in [0.15, 0.2) is 29.1 Å². The van der Waals surface area contributed by atoms with Crippen LogP contribution in [0.5, 0.6) is 0 Å². The van der Waals surface area contributed by atoms with Crippen molar-refractivity contribution in [3.8, 4) is 0 Å². The molecule has 2 aromatic rings. The molecule has 1 amide bonds. The summed E-state index contributed by atoms with van der Waals surface area (Å²) >= 11 is 0. The van der Waals surface area contributed by atoms with Crippen LogP contribution in [0.1, 0.15) is 38.3 Å². The number of nitrogens with zero attached hydrogens (tertiary/aromatic N) is 4. The van der Waals surface area contributed by atoms with Crippen LogP contribution in [0.2, 0.25) is 0 Å². The Morgan fingerprint density at radius 2 is 1.89 bits per heavy atom. The Kier molecular flexibility index (Phi) is 6.83. The van der Waals surface area contributed by atoms with Gasteiger partial charge < -0.3 is 9.80 Å². The lowest BCUT2D eigenvalue weighted by Gasteiger charge is -2.34. The average Bonchev–Trinajstić information content (AvgIpc) is 2.70. The maximum Gasteiger partial charge on any atom is 0.275 e. The first-order valence-electron chi connectivity index (χ1n) is 10.4. The van der Waals surface area contributed by atoms with Gasteiger partial charge in [-0.05, 0) is 51.8 Å². The summed E-state index contributed by atoms with van der Waals surface area (Å²) in [5.41, 5.74) is 0.582. The molecule has 0 atom stereocenters. The monoisotopic (exact) mass is 384 g/mol. The number of likely N-dealkylation sites (tertiary alicyclic amines) is 1. The van der Waals surface area contributed by atoms with E-state index in [-0.39, 0.29) is 18.0 Å². The Labute approximate surface area is 167 Å². The minimum atomic E-state index is -0.193. The Morgan fingerprint density at radius 1 is 1.21 bits per heavy atom. The van der Waals surface area contributed by atoms with Crippen LogP contribution >= 0.6 is 0 Å². The molecule has 0 unspecified atom stereocenters. The minimum absolute atomic E-state index is 0.0120. The fourth-order valence-electron chi connectivity index (χ4n) is 4.06. The van der Waals surface area contributed by atoms with Crippen molar-refractivity contribution < 1.29 is 4.79 Å². The maximum absolute atomic E-state index is 12.8. The highest BCUT2D eigenvalue weighted by atomic mass is 16.2. The Morgan fingerprint density at radius 3 is 2.57 bits per heavy atom. The van der Waals surface area contributed by atoms with Crippen LogP contribution in [-0.2, 0) is 11.3 Å². The molecule has 0 bridgehead atoms. The molecule has 1 saturated heterocycles. The molecule has 0 spiro atoms. The van der Waals surface area contributed by atoms with Gasteiger partial charge in [-0.15, -0.1) is 0 Å². The highest BCUT2D eigenvalue weighted by molar-refractivity contribution is 5.83. The molecule has 6 nitrogen and oxygen atoms in total. The largest absolute Gasteiger partial charge is 0.341 e. The highest BCUT2D eigenvalue weighted by Gasteiger charge is 2.24. The zero-order chi connectivity index (χ0) is 20.1. The third kappa shape index (κ3) is 4.79. The number of amides is 1. The van der Waals surface area contributed by atoms with Crippen molar-refractivity contribution in [2.24, 2.45) is 5.92 Å². The molecular weight excluding hydrogens is 352 g/mol. The first-order valence-corrected chi connectivity index (χ1v) is 10.4. The van der Waals surface area contributed by atoms with Crippen molar-refractivity contribution >= 4 is 16.7 Å². The summed E-state index contributed by atoms with van der Waals surface area (Å²) in [5.74, 6) is 0.636. The molecule has 152 valence electrons. The van der Waals surface area contributed by atoms with Gasteiger partial charge in [0.1, 0.15) is 6.54 Å². The van der Waals surface area contributed by atoms with Gasteiger partial charge in [-0.25, -0.2) is 4.68 Å². The Hall–Kier alpha value is -2.21. The summed E-state index contributed by atoms with van der Waals surface area (Å²) in [7, 11) is 2.19. The summed E-state index contributed by atoms with van der Waals surface area (Å²) in [6.45, 7) is 7.90. The zero-order valence-corrected chi connectivity index (χ0v) is 17.4. The van der Waals surface area contributed by atoms with Gasteiger partial charge in [0, 0.05) is 25.0 Å². The average molecular weight is 385 g/mol. The van der Waals surface area contributed by atoms with Gasteiger partial charge in [-0.3, -0.25) is 9.59 Å². The topological polar surface area (TPSA) is 58.4 Å². The lowest BCUT2D eigenvalue weighted by molar-refractivity contribution is -0.133. The van der Waals surface area contributed by atoms with Gasteiger partial charge in [-0.1, -0.05) is 31.5 Å². The van der Waals surface area contributed by atoms with Gasteiger partial charge in [-0.2, -0.15) is 5.10 Å². The highest BCUT2D eigenvalue weighted by Crippen LogP contribution is 2.19. The van der Waals surface area contributed by atoms with Crippen LogP contribution < -0.4 is 5.56 Å². The van der Waals surface area contributed by atoms with Gasteiger partial charge in [0.25, 0.3) is 5.56 Å². The van der Waals surface area contributed by atoms with Crippen LogP contribution in [0, 0.1) is 12.8 Å². The Balaban J connectivity index is 1.59. The molecule has 1 fully saturated rings. The van der Waals surface area contributed by atoms with E-state index in [0.29, 0.717) is 11.3 Å². The molecule has 1 aliphatic heterocycles. The number of aryl methyl sites for hydroxylation is 1. The summed E-state index contributed by atoms with van der Waals surface area (Å²) in [4.78, 5) is 29.7. The number of aromatic nitrogens is 2. The number of benzene rings is 1. The van der Waals surface area contributed by atoms with E-state index in [1.807, 2.05) is 30.0 Å². The van der Waals surface area contributed by atoms with E-state index in [1.54, 1.807) is 6.07 Å². The summed E-state index contributed by atoms with van der Waals surface area (Å²) in [5, 5.41) is 5.84. The van der Waals surface area contributed by atoms with E-state index in [4.69, 9.17) is 0 Å².